The van der Waals surface area contributed by atoms with E-state index in [1.54, 1.807) is 0 Å². The van der Waals surface area contributed by atoms with E-state index in [1.165, 1.54) is 19.3 Å². The summed E-state index contributed by atoms with van der Waals surface area (Å²) in [5.41, 5.74) is 1.06. The van der Waals surface area contributed by atoms with E-state index in [2.05, 4.69) is 15.3 Å². The van der Waals surface area contributed by atoms with E-state index in [1.807, 2.05) is 20.0 Å². The Balaban J connectivity index is 2.28. The Morgan fingerprint density at radius 1 is 1.38 bits per heavy atom. The third-order valence-corrected chi connectivity index (χ3v) is 2.60. The smallest absolute Gasteiger partial charge is 0.134 e. The zero-order chi connectivity index (χ0) is 9.26. The maximum absolute atomic E-state index is 4.45. The monoisotopic (exact) mass is 177 g/mol. The van der Waals surface area contributed by atoms with Crippen molar-refractivity contribution in [2.24, 2.45) is 0 Å². The molecule has 70 valence electrons. The summed E-state index contributed by atoms with van der Waals surface area (Å²) in [5, 5.41) is 3.06. The number of anilines is 1. The number of nitrogens with zero attached hydrogens (tertiary/aromatic N) is 2. The Morgan fingerprint density at radius 2 is 2.15 bits per heavy atom. The van der Waals surface area contributed by atoms with Gasteiger partial charge in [-0.2, -0.15) is 0 Å². The van der Waals surface area contributed by atoms with Gasteiger partial charge in [-0.15, -0.1) is 0 Å². The summed E-state index contributed by atoms with van der Waals surface area (Å²) in [6.07, 6.45) is 3.84. The van der Waals surface area contributed by atoms with Gasteiger partial charge in [-0.25, -0.2) is 9.97 Å². The van der Waals surface area contributed by atoms with E-state index in [4.69, 9.17) is 0 Å². The number of hydrogen-bond acceptors (Lipinski definition) is 3. The molecule has 0 saturated heterocycles. The largest absolute Gasteiger partial charge is 0.373 e. The molecule has 13 heavy (non-hydrogen) atoms. The van der Waals surface area contributed by atoms with Gasteiger partial charge in [0.25, 0.3) is 0 Å². The van der Waals surface area contributed by atoms with Gasteiger partial charge in [0.2, 0.25) is 0 Å². The third-order valence-electron chi connectivity index (χ3n) is 2.60. The predicted octanol–water partition coefficient (Wildman–Crippen LogP) is 2.09. The first kappa shape index (κ1) is 8.48. The average molecular weight is 177 g/mol. The van der Waals surface area contributed by atoms with Crippen molar-refractivity contribution < 1.29 is 0 Å². The van der Waals surface area contributed by atoms with Gasteiger partial charge in [0.05, 0.1) is 0 Å². The molecule has 1 aromatic heterocycles. The third kappa shape index (κ3) is 1.64. The van der Waals surface area contributed by atoms with Gasteiger partial charge in [-0.05, 0) is 19.8 Å². The summed E-state index contributed by atoms with van der Waals surface area (Å²) in [6.45, 7) is 2.02. The lowest BCUT2D eigenvalue weighted by molar-refractivity contribution is 0.401. The lowest BCUT2D eigenvalue weighted by Gasteiger charge is -2.24. The molecule has 1 heterocycles. The molecule has 1 N–H and O–H groups in total. The standard InChI is InChI=1S/C10H15N3/c1-7-6-9(11-2)13-10(12-7)8-4-3-5-8/h6,8H,3-5H2,1-2H3,(H,11,12,13). The molecule has 0 bridgehead atoms. The van der Waals surface area contributed by atoms with Crippen LogP contribution in [-0.4, -0.2) is 17.0 Å². The molecule has 0 aliphatic heterocycles. The maximum atomic E-state index is 4.45. The van der Waals surface area contributed by atoms with Crippen molar-refractivity contribution in [1.29, 1.82) is 0 Å². The minimum absolute atomic E-state index is 0.618. The lowest BCUT2D eigenvalue weighted by Crippen LogP contribution is -2.14. The molecule has 3 heteroatoms. The van der Waals surface area contributed by atoms with E-state index in [9.17, 15) is 0 Å². The first-order chi connectivity index (χ1) is 6.29. The Bertz CT molecular complexity index is 305. The molecular weight excluding hydrogens is 162 g/mol. The molecule has 0 radical (unpaired) electrons. The molecular formula is C10H15N3. The SMILES string of the molecule is CNc1cc(C)nc(C2CCC2)n1. The molecule has 0 spiro atoms. The van der Waals surface area contributed by atoms with E-state index >= 15 is 0 Å². The highest BCUT2D eigenvalue weighted by molar-refractivity contribution is 5.35. The van der Waals surface area contributed by atoms with Crippen LogP contribution in [-0.2, 0) is 0 Å². The van der Waals surface area contributed by atoms with Crippen LogP contribution >= 0.6 is 0 Å². The van der Waals surface area contributed by atoms with Crippen LogP contribution in [0.5, 0.6) is 0 Å². The van der Waals surface area contributed by atoms with Crippen LogP contribution in [0.3, 0.4) is 0 Å². The summed E-state index contributed by atoms with van der Waals surface area (Å²) >= 11 is 0. The fourth-order valence-electron chi connectivity index (χ4n) is 1.57. The van der Waals surface area contributed by atoms with Crippen molar-refractivity contribution in [2.75, 3.05) is 12.4 Å². The van der Waals surface area contributed by atoms with Crippen LogP contribution in [0.25, 0.3) is 0 Å². The van der Waals surface area contributed by atoms with Gasteiger partial charge in [0, 0.05) is 24.7 Å². The molecule has 0 unspecified atom stereocenters. The summed E-state index contributed by atoms with van der Waals surface area (Å²) in [6, 6.07) is 1.97. The quantitative estimate of drug-likeness (QED) is 0.751. The number of hydrogen-bond donors (Lipinski definition) is 1. The van der Waals surface area contributed by atoms with Gasteiger partial charge < -0.3 is 5.32 Å². The molecule has 0 amide bonds. The lowest BCUT2D eigenvalue weighted by atomic mass is 9.85. The normalized spacial score (nSPS) is 16.8. The van der Waals surface area contributed by atoms with Crippen molar-refractivity contribution in [2.45, 2.75) is 32.1 Å². The van der Waals surface area contributed by atoms with Crippen molar-refractivity contribution in [3.8, 4) is 0 Å². The molecule has 1 aromatic rings. The highest BCUT2D eigenvalue weighted by atomic mass is 15.0. The van der Waals surface area contributed by atoms with Crippen molar-refractivity contribution in [1.82, 2.24) is 9.97 Å². The summed E-state index contributed by atoms with van der Waals surface area (Å²) in [7, 11) is 1.90. The van der Waals surface area contributed by atoms with Gasteiger partial charge in [-0.3, -0.25) is 0 Å². The maximum Gasteiger partial charge on any atom is 0.134 e. The molecule has 0 aromatic carbocycles. The Labute approximate surface area is 78.6 Å². The topological polar surface area (TPSA) is 37.8 Å². The minimum atomic E-state index is 0.618. The van der Waals surface area contributed by atoms with E-state index < -0.39 is 0 Å². The highest BCUT2D eigenvalue weighted by Crippen LogP contribution is 2.34. The fraction of sp³-hybridized carbons (Fsp3) is 0.600. The van der Waals surface area contributed by atoms with E-state index in [0.717, 1.165) is 17.3 Å². The Hall–Kier alpha value is -1.12. The zero-order valence-corrected chi connectivity index (χ0v) is 8.17. The van der Waals surface area contributed by atoms with Gasteiger partial charge in [0.1, 0.15) is 11.6 Å². The molecule has 0 atom stereocenters. The van der Waals surface area contributed by atoms with Crippen molar-refractivity contribution >= 4 is 5.82 Å². The number of nitrogens with one attached hydrogen (secondary N) is 1. The van der Waals surface area contributed by atoms with Gasteiger partial charge in [0.15, 0.2) is 0 Å². The molecule has 2 rings (SSSR count). The minimum Gasteiger partial charge on any atom is -0.373 e. The van der Waals surface area contributed by atoms with Gasteiger partial charge >= 0.3 is 0 Å². The van der Waals surface area contributed by atoms with Crippen LogP contribution in [0.4, 0.5) is 5.82 Å². The van der Waals surface area contributed by atoms with E-state index in [-0.39, 0.29) is 0 Å². The van der Waals surface area contributed by atoms with E-state index in [0.29, 0.717) is 5.92 Å². The number of aromatic nitrogens is 2. The predicted molar refractivity (Wildman–Crippen MR) is 52.9 cm³/mol. The first-order valence-corrected chi connectivity index (χ1v) is 4.83. The van der Waals surface area contributed by atoms with Crippen LogP contribution in [0.15, 0.2) is 6.07 Å². The molecule has 1 fully saturated rings. The van der Waals surface area contributed by atoms with Gasteiger partial charge in [-0.1, -0.05) is 6.42 Å². The average Bonchev–Trinajstić information content (AvgIpc) is 2.00. The second-order valence-corrected chi connectivity index (χ2v) is 3.63. The summed E-state index contributed by atoms with van der Waals surface area (Å²) in [4.78, 5) is 8.90. The zero-order valence-electron chi connectivity index (χ0n) is 8.17. The first-order valence-electron chi connectivity index (χ1n) is 4.83. The molecule has 1 aliphatic carbocycles. The summed E-state index contributed by atoms with van der Waals surface area (Å²) in [5.74, 6) is 2.58. The molecule has 1 saturated carbocycles. The van der Waals surface area contributed by atoms with Crippen LogP contribution < -0.4 is 5.32 Å². The van der Waals surface area contributed by atoms with Crippen LogP contribution in [0.2, 0.25) is 0 Å². The van der Waals surface area contributed by atoms with Crippen LogP contribution in [0, 0.1) is 6.92 Å². The van der Waals surface area contributed by atoms with Crippen molar-refractivity contribution in [3.63, 3.8) is 0 Å². The Morgan fingerprint density at radius 3 is 2.69 bits per heavy atom. The second-order valence-electron chi connectivity index (χ2n) is 3.63. The highest BCUT2D eigenvalue weighted by Gasteiger charge is 2.22. The van der Waals surface area contributed by atoms with Crippen molar-refractivity contribution in [3.05, 3.63) is 17.6 Å². The summed E-state index contributed by atoms with van der Waals surface area (Å²) < 4.78 is 0. The molecule has 3 nitrogen and oxygen atoms in total. The number of rotatable bonds is 2. The molecule has 1 aliphatic rings. The second kappa shape index (κ2) is 3.32. The number of aryl methyl sites for hydroxylation is 1. The Kier molecular flexibility index (Phi) is 2.17. The fourth-order valence-corrected chi connectivity index (χ4v) is 1.57. The van der Waals surface area contributed by atoms with Crippen LogP contribution in [0.1, 0.15) is 36.7 Å².